The van der Waals surface area contributed by atoms with Gasteiger partial charge in [0.1, 0.15) is 29.4 Å². The first-order chi connectivity index (χ1) is 11.5. The fourth-order valence-electron chi connectivity index (χ4n) is 2.31. The summed E-state index contributed by atoms with van der Waals surface area (Å²) >= 11 is 0. The number of allylic oxidation sites excluding steroid dienone is 2. The zero-order valence-electron chi connectivity index (χ0n) is 13.1. The monoisotopic (exact) mass is 314 g/mol. The van der Waals surface area contributed by atoms with Crippen molar-refractivity contribution in [1.29, 1.82) is 21.2 Å². The number of diazo groups is 1. The average molecular weight is 314 g/mol. The van der Waals surface area contributed by atoms with E-state index in [-0.39, 0.29) is 16.9 Å². The molecule has 1 aliphatic rings. The number of hydrogen-bond donors (Lipinski definition) is 0. The highest BCUT2D eigenvalue weighted by atomic mass is 16.5. The van der Waals surface area contributed by atoms with Crippen LogP contribution in [0, 0.1) is 39.4 Å². The number of benzene rings is 1. The summed E-state index contributed by atoms with van der Waals surface area (Å²) < 4.78 is 5.67. The molecule has 0 N–H and O–H groups in total. The molecule has 0 spiro atoms. The van der Waals surface area contributed by atoms with E-state index in [1.54, 1.807) is 62.4 Å². The summed E-state index contributed by atoms with van der Waals surface area (Å²) in [5.74, 6) is 0.0154. The van der Waals surface area contributed by atoms with Gasteiger partial charge in [-0.25, -0.2) is 0 Å². The van der Waals surface area contributed by atoms with Crippen LogP contribution < -0.4 is 0 Å². The predicted octanol–water partition coefficient (Wildman–Crippen LogP) is 4.11. The molecule has 0 saturated heterocycles. The Labute approximate surface area is 139 Å². The third-order valence-electron chi connectivity index (χ3n) is 3.52. The van der Waals surface area contributed by atoms with Gasteiger partial charge in [0.2, 0.25) is 5.39 Å². The van der Waals surface area contributed by atoms with Crippen LogP contribution in [-0.2, 0) is 4.74 Å². The van der Waals surface area contributed by atoms with Crippen molar-refractivity contribution < 1.29 is 4.74 Å². The third kappa shape index (κ3) is 3.00. The minimum absolute atomic E-state index is 0.0154. The number of nitriles is 3. The first-order valence-corrected chi connectivity index (χ1v) is 6.98. The third-order valence-corrected chi connectivity index (χ3v) is 3.52. The SMILES string of the molecule is CC1(C)OC(=C(C#N)C#N)C(C#N)=C1/C=C/c1ccc([N+]#N)cc1. The van der Waals surface area contributed by atoms with E-state index in [4.69, 9.17) is 20.7 Å². The Balaban J connectivity index is 2.51. The van der Waals surface area contributed by atoms with Crippen LogP contribution in [0.4, 0.5) is 5.69 Å². The lowest BCUT2D eigenvalue weighted by atomic mass is 9.94. The van der Waals surface area contributed by atoms with Gasteiger partial charge in [0.25, 0.3) is 0 Å². The molecular formula is C18H12N5O+. The molecule has 1 aromatic carbocycles. The molecular weight excluding hydrogens is 302 g/mol. The summed E-state index contributed by atoms with van der Waals surface area (Å²) in [5, 5.41) is 36.2. The van der Waals surface area contributed by atoms with E-state index in [2.05, 4.69) is 4.98 Å². The van der Waals surface area contributed by atoms with Gasteiger partial charge in [-0.05, 0) is 31.5 Å². The van der Waals surface area contributed by atoms with Crippen molar-refractivity contribution in [2.45, 2.75) is 19.4 Å². The minimum atomic E-state index is -0.837. The smallest absolute Gasteiger partial charge is 0.385 e. The zero-order valence-corrected chi connectivity index (χ0v) is 13.1. The van der Waals surface area contributed by atoms with Gasteiger partial charge in [0.05, 0.1) is 0 Å². The number of hydrogen-bond acceptors (Lipinski definition) is 5. The average Bonchev–Trinajstić information content (AvgIpc) is 2.84. The molecule has 0 aromatic heterocycles. The Bertz CT molecular complexity index is 920. The van der Waals surface area contributed by atoms with Crippen LogP contribution in [0.5, 0.6) is 0 Å². The fourth-order valence-corrected chi connectivity index (χ4v) is 2.31. The molecule has 0 bridgehead atoms. The van der Waals surface area contributed by atoms with Crippen molar-refractivity contribution in [2.24, 2.45) is 0 Å². The molecule has 2 rings (SSSR count). The molecule has 6 nitrogen and oxygen atoms in total. The maximum atomic E-state index is 9.43. The van der Waals surface area contributed by atoms with E-state index >= 15 is 0 Å². The van der Waals surface area contributed by atoms with Crippen LogP contribution in [0.2, 0.25) is 0 Å². The zero-order chi connectivity index (χ0) is 17.7. The van der Waals surface area contributed by atoms with Crippen molar-refractivity contribution >= 4 is 11.8 Å². The maximum Gasteiger partial charge on any atom is 0.385 e. The number of rotatable bonds is 2. The van der Waals surface area contributed by atoms with E-state index < -0.39 is 5.60 Å². The van der Waals surface area contributed by atoms with Crippen LogP contribution in [-0.4, -0.2) is 5.60 Å². The molecule has 0 unspecified atom stereocenters. The standard InChI is InChI=1S/C18H12N5O/c1-18(2)16(8-5-12-3-6-14(23-22)7-4-12)15(11-21)17(24-18)13(9-19)10-20/h3-8H,1-2H3/q+1/b8-5+. The molecule has 0 saturated carbocycles. The van der Waals surface area contributed by atoms with Gasteiger partial charge in [0, 0.05) is 17.7 Å². The van der Waals surface area contributed by atoms with Crippen LogP contribution >= 0.6 is 0 Å². The first-order valence-electron chi connectivity index (χ1n) is 6.98. The summed E-state index contributed by atoms with van der Waals surface area (Å²) in [7, 11) is 0. The van der Waals surface area contributed by atoms with Crippen molar-refractivity contribution in [3.8, 4) is 18.2 Å². The van der Waals surface area contributed by atoms with Gasteiger partial charge in [0.15, 0.2) is 16.3 Å². The highest BCUT2D eigenvalue weighted by Crippen LogP contribution is 2.40. The second kappa shape index (κ2) is 6.49. The Morgan fingerprint density at radius 1 is 1.08 bits per heavy atom. The largest absolute Gasteiger partial charge is 0.480 e. The molecule has 0 amide bonds. The Morgan fingerprint density at radius 2 is 1.71 bits per heavy atom. The topological polar surface area (TPSA) is 109 Å². The van der Waals surface area contributed by atoms with Crippen molar-refractivity contribution in [3.05, 3.63) is 63.4 Å². The summed E-state index contributed by atoms with van der Waals surface area (Å²) in [6.07, 6.45) is 3.50. The summed E-state index contributed by atoms with van der Waals surface area (Å²) in [6.45, 7) is 3.52. The maximum absolute atomic E-state index is 9.43. The lowest BCUT2D eigenvalue weighted by Crippen LogP contribution is -2.20. The van der Waals surface area contributed by atoms with Crippen molar-refractivity contribution in [3.63, 3.8) is 0 Å². The van der Waals surface area contributed by atoms with Gasteiger partial charge in [-0.3, -0.25) is 0 Å². The first kappa shape index (κ1) is 16.5. The number of nitrogens with zero attached hydrogens (tertiary/aromatic N) is 5. The molecule has 24 heavy (non-hydrogen) atoms. The molecule has 0 atom stereocenters. The molecule has 0 radical (unpaired) electrons. The molecule has 114 valence electrons. The Morgan fingerprint density at radius 3 is 2.21 bits per heavy atom. The van der Waals surface area contributed by atoms with Crippen molar-refractivity contribution in [2.75, 3.05) is 0 Å². The predicted molar refractivity (Wildman–Crippen MR) is 86.3 cm³/mol. The molecule has 0 aliphatic carbocycles. The van der Waals surface area contributed by atoms with E-state index in [1.807, 2.05) is 6.07 Å². The van der Waals surface area contributed by atoms with E-state index in [9.17, 15) is 5.26 Å². The van der Waals surface area contributed by atoms with E-state index in [1.165, 1.54) is 0 Å². The summed E-state index contributed by atoms with van der Waals surface area (Å²) in [5.41, 5.74) is 0.968. The highest BCUT2D eigenvalue weighted by Gasteiger charge is 2.38. The second-order valence-electron chi connectivity index (χ2n) is 5.47. The molecule has 1 heterocycles. The van der Waals surface area contributed by atoms with Crippen LogP contribution in [0.25, 0.3) is 11.1 Å². The van der Waals surface area contributed by atoms with Crippen LogP contribution in [0.1, 0.15) is 19.4 Å². The van der Waals surface area contributed by atoms with Gasteiger partial charge in [-0.2, -0.15) is 15.8 Å². The lowest BCUT2D eigenvalue weighted by Gasteiger charge is -2.20. The van der Waals surface area contributed by atoms with Gasteiger partial charge in [-0.1, -0.05) is 12.2 Å². The Kier molecular flexibility index (Phi) is 4.46. The summed E-state index contributed by atoms with van der Waals surface area (Å²) in [6, 6.07) is 12.3. The van der Waals surface area contributed by atoms with Crippen molar-refractivity contribution in [1.82, 2.24) is 0 Å². The van der Waals surface area contributed by atoms with Gasteiger partial charge >= 0.3 is 5.69 Å². The van der Waals surface area contributed by atoms with Gasteiger partial charge in [-0.15, -0.1) is 0 Å². The van der Waals surface area contributed by atoms with E-state index in [0.29, 0.717) is 11.3 Å². The minimum Gasteiger partial charge on any atom is -0.480 e. The molecule has 1 aliphatic heterocycles. The van der Waals surface area contributed by atoms with E-state index in [0.717, 1.165) is 5.56 Å². The highest BCUT2D eigenvalue weighted by molar-refractivity contribution is 5.65. The summed E-state index contributed by atoms with van der Waals surface area (Å²) in [4.78, 5) is 3.08. The quantitative estimate of drug-likeness (QED) is 0.602. The molecule has 0 fully saturated rings. The van der Waals surface area contributed by atoms with Gasteiger partial charge < -0.3 is 4.74 Å². The molecule has 6 heteroatoms. The second-order valence-corrected chi connectivity index (χ2v) is 5.47. The fraction of sp³-hybridized carbons (Fsp3) is 0.167. The number of ether oxygens (including phenoxy) is 1. The molecule has 1 aromatic rings. The van der Waals surface area contributed by atoms with Crippen LogP contribution in [0.3, 0.4) is 0 Å². The Hall–Kier alpha value is -3.87. The lowest BCUT2D eigenvalue weighted by molar-refractivity contribution is 0.0954. The normalized spacial score (nSPS) is 15.2. The van der Waals surface area contributed by atoms with Crippen LogP contribution in [0.15, 0.2) is 52.8 Å².